The summed E-state index contributed by atoms with van der Waals surface area (Å²) < 4.78 is 0.999. The highest BCUT2D eigenvalue weighted by Crippen LogP contribution is 2.31. The van der Waals surface area contributed by atoms with Crippen molar-refractivity contribution in [2.24, 2.45) is 0 Å². The van der Waals surface area contributed by atoms with Crippen molar-refractivity contribution in [3.8, 4) is 0 Å². The van der Waals surface area contributed by atoms with Crippen LogP contribution in [0.4, 0.5) is 11.4 Å². The SMILES string of the molecule is CCC(Nc1ccc(C)cc1[N+](=O)[O-])c1cccc(Br)c1. The lowest BCUT2D eigenvalue weighted by molar-refractivity contribution is -0.384. The highest BCUT2D eigenvalue weighted by molar-refractivity contribution is 9.10. The third-order valence-corrected chi connectivity index (χ3v) is 3.83. The summed E-state index contributed by atoms with van der Waals surface area (Å²) in [4.78, 5) is 10.8. The summed E-state index contributed by atoms with van der Waals surface area (Å²) in [6, 6.07) is 13.3. The Kier molecular flexibility index (Phi) is 4.96. The van der Waals surface area contributed by atoms with Crippen LogP contribution in [-0.4, -0.2) is 4.92 Å². The van der Waals surface area contributed by atoms with Crippen LogP contribution in [0.1, 0.15) is 30.5 Å². The fraction of sp³-hybridized carbons (Fsp3) is 0.250. The first kappa shape index (κ1) is 15.5. The molecule has 0 aromatic heterocycles. The minimum Gasteiger partial charge on any atom is -0.373 e. The van der Waals surface area contributed by atoms with E-state index in [2.05, 4.69) is 28.2 Å². The Bertz CT molecular complexity index is 658. The number of rotatable bonds is 5. The van der Waals surface area contributed by atoms with E-state index >= 15 is 0 Å². The molecule has 0 saturated carbocycles. The van der Waals surface area contributed by atoms with Crippen molar-refractivity contribution >= 4 is 27.3 Å². The summed E-state index contributed by atoms with van der Waals surface area (Å²) in [5, 5.41) is 14.5. The van der Waals surface area contributed by atoms with E-state index in [9.17, 15) is 10.1 Å². The molecule has 4 nitrogen and oxygen atoms in total. The molecule has 0 fully saturated rings. The molecule has 1 atom stereocenters. The molecule has 0 aliphatic heterocycles. The van der Waals surface area contributed by atoms with Gasteiger partial charge in [-0.25, -0.2) is 0 Å². The second-order valence-corrected chi connectivity index (χ2v) is 5.85. The van der Waals surface area contributed by atoms with Crippen LogP contribution in [-0.2, 0) is 0 Å². The maximum atomic E-state index is 11.2. The monoisotopic (exact) mass is 348 g/mol. The van der Waals surface area contributed by atoms with Gasteiger partial charge in [0.05, 0.1) is 11.0 Å². The average Bonchev–Trinajstić information content (AvgIpc) is 2.45. The summed E-state index contributed by atoms with van der Waals surface area (Å²) in [6.45, 7) is 3.90. The van der Waals surface area contributed by atoms with E-state index in [-0.39, 0.29) is 16.7 Å². The molecule has 0 radical (unpaired) electrons. The van der Waals surface area contributed by atoms with E-state index in [1.165, 1.54) is 0 Å². The van der Waals surface area contributed by atoms with Gasteiger partial charge in [-0.1, -0.05) is 41.1 Å². The second-order valence-electron chi connectivity index (χ2n) is 4.94. The van der Waals surface area contributed by atoms with E-state index in [4.69, 9.17) is 0 Å². The first-order chi connectivity index (χ1) is 10.0. The zero-order valence-corrected chi connectivity index (χ0v) is 13.6. The standard InChI is InChI=1S/C16H17BrN2O2/c1-3-14(12-5-4-6-13(17)10-12)18-15-8-7-11(2)9-16(15)19(20)21/h4-10,14,18H,3H2,1-2H3. The molecule has 2 rings (SSSR count). The number of nitro benzene ring substituents is 1. The smallest absolute Gasteiger partial charge is 0.292 e. The van der Waals surface area contributed by atoms with Gasteiger partial charge in [0.25, 0.3) is 5.69 Å². The van der Waals surface area contributed by atoms with Gasteiger partial charge in [-0.05, 0) is 42.7 Å². The number of hydrogen-bond donors (Lipinski definition) is 1. The van der Waals surface area contributed by atoms with Crippen LogP contribution in [0.25, 0.3) is 0 Å². The van der Waals surface area contributed by atoms with Crippen molar-refractivity contribution < 1.29 is 4.92 Å². The lowest BCUT2D eigenvalue weighted by Gasteiger charge is -2.19. The van der Waals surface area contributed by atoms with Crippen molar-refractivity contribution in [2.45, 2.75) is 26.3 Å². The van der Waals surface area contributed by atoms with Gasteiger partial charge in [-0.2, -0.15) is 0 Å². The minimum absolute atomic E-state index is 0.0314. The van der Waals surface area contributed by atoms with E-state index in [0.29, 0.717) is 5.69 Å². The van der Waals surface area contributed by atoms with Gasteiger partial charge in [-0.3, -0.25) is 10.1 Å². The lowest BCUT2D eigenvalue weighted by Crippen LogP contribution is -2.11. The van der Waals surface area contributed by atoms with Gasteiger partial charge in [0.2, 0.25) is 0 Å². The van der Waals surface area contributed by atoms with Gasteiger partial charge >= 0.3 is 0 Å². The number of benzene rings is 2. The lowest BCUT2D eigenvalue weighted by atomic mass is 10.0. The molecule has 0 bridgehead atoms. The number of nitrogens with one attached hydrogen (secondary N) is 1. The van der Waals surface area contributed by atoms with Gasteiger partial charge in [0.15, 0.2) is 0 Å². The third-order valence-electron chi connectivity index (χ3n) is 3.34. The fourth-order valence-corrected chi connectivity index (χ4v) is 2.66. The summed E-state index contributed by atoms with van der Waals surface area (Å²) in [6.07, 6.45) is 0.835. The Labute approximate surface area is 132 Å². The van der Waals surface area contributed by atoms with E-state index < -0.39 is 0 Å². The Hall–Kier alpha value is -1.88. The largest absolute Gasteiger partial charge is 0.373 e. The van der Waals surface area contributed by atoms with Crippen LogP contribution >= 0.6 is 15.9 Å². The highest BCUT2D eigenvalue weighted by atomic mass is 79.9. The summed E-state index contributed by atoms with van der Waals surface area (Å²) in [7, 11) is 0. The second kappa shape index (κ2) is 6.72. The number of anilines is 1. The normalized spacial score (nSPS) is 12.0. The molecule has 2 aromatic rings. The maximum Gasteiger partial charge on any atom is 0.292 e. The quantitative estimate of drug-likeness (QED) is 0.594. The molecule has 110 valence electrons. The number of hydrogen-bond acceptors (Lipinski definition) is 3. The van der Waals surface area contributed by atoms with Crippen molar-refractivity contribution in [3.63, 3.8) is 0 Å². The molecule has 0 aliphatic rings. The van der Waals surface area contributed by atoms with Crippen LogP contribution in [0.5, 0.6) is 0 Å². The summed E-state index contributed by atoms with van der Waals surface area (Å²) in [5.41, 5.74) is 2.64. The van der Waals surface area contributed by atoms with Crippen molar-refractivity contribution in [1.82, 2.24) is 0 Å². The predicted octanol–water partition coefficient (Wildman–Crippen LogP) is 5.23. The topological polar surface area (TPSA) is 55.2 Å². The van der Waals surface area contributed by atoms with Crippen LogP contribution in [0.15, 0.2) is 46.9 Å². The summed E-state index contributed by atoms with van der Waals surface area (Å²) >= 11 is 3.46. The molecule has 0 spiro atoms. The number of nitrogens with zero attached hydrogens (tertiary/aromatic N) is 1. The zero-order valence-electron chi connectivity index (χ0n) is 12.0. The molecule has 5 heteroatoms. The molecule has 1 N–H and O–H groups in total. The first-order valence-corrected chi connectivity index (χ1v) is 7.57. The van der Waals surface area contributed by atoms with E-state index in [1.54, 1.807) is 12.1 Å². The molecule has 21 heavy (non-hydrogen) atoms. The Morgan fingerprint density at radius 3 is 2.67 bits per heavy atom. The maximum absolute atomic E-state index is 11.2. The molecular weight excluding hydrogens is 332 g/mol. The fourth-order valence-electron chi connectivity index (χ4n) is 2.25. The van der Waals surface area contributed by atoms with Gasteiger partial charge in [0, 0.05) is 10.5 Å². The van der Waals surface area contributed by atoms with Crippen molar-refractivity contribution in [2.75, 3.05) is 5.32 Å². The molecule has 0 saturated heterocycles. The highest BCUT2D eigenvalue weighted by Gasteiger charge is 2.17. The Morgan fingerprint density at radius 2 is 2.05 bits per heavy atom. The molecular formula is C16H17BrN2O2. The van der Waals surface area contributed by atoms with E-state index in [0.717, 1.165) is 22.0 Å². The molecule has 0 aliphatic carbocycles. The van der Waals surface area contributed by atoms with Crippen molar-refractivity contribution in [3.05, 3.63) is 68.2 Å². The van der Waals surface area contributed by atoms with Crippen LogP contribution in [0.3, 0.4) is 0 Å². The Balaban J connectivity index is 2.33. The molecule has 0 amide bonds. The van der Waals surface area contributed by atoms with Crippen LogP contribution in [0.2, 0.25) is 0 Å². The van der Waals surface area contributed by atoms with E-state index in [1.807, 2.05) is 37.3 Å². The number of halogens is 1. The summed E-state index contributed by atoms with van der Waals surface area (Å²) in [5.74, 6) is 0. The molecule has 0 heterocycles. The van der Waals surface area contributed by atoms with Crippen molar-refractivity contribution in [1.29, 1.82) is 0 Å². The molecule has 2 aromatic carbocycles. The van der Waals surface area contributed by atoms with Gasteiger partial charge in [-0.15, -0.1) is 0 Å². The van der Waals surface area contributed by atoms with Gasteiger partial charge in [0.1, 0.15) is 5.69 Å². The van der Waals surface area contributed by atoms with Crippen LogP contribution in [0, 0.1) is 17.0 Å². The zero-order chi connectivity index (χ0) is 15.4. The number of aryl methyl sites for hydroxylation is 1. The predicted molar refractivity (Wildman–Crippen MR) is 88.6 cm³/mol. The average molecular weight is 349 g/mol. The molecule has 1 unspecified atom stereocenters. The van der Waals surface area contributed by atoms with Gasteiger partial charge < -0.3 is 5.32 Å². The van der Waals surface area contributed by atoms with Crippen LogP contribution < -0.4 is 5.32 Å². The first-order valence-electron chi connectivity index (χ1n) is 6.78. The Morgan fingerprint density at radius 1 is 1.29 bits per heavy atom. The minimum atomic E-state index is -0.344. The number of nitro groups is 1. The third kappa shape index (κ3) is 3.82.